The van der Waals surface area contributed by atoms with Crippen LogP contribution >= 0.6 is 23.2 Å². The zero-order valence-corrected chi connectivity index (χ0v) is 15.4. The van der Waals surface area contributed by atoms with E-state index >= 15 is 0 Å². The van der Waals surface area contributed by atoms with E-state index in [0.717, 1.165) is 38.6 Å². The summed E-state index contributed by atoms with van der Waals surface area (Å²) in [5.41, 5.74) is 4.74. The van der Waals surface area contributed by atoms with E-state index in [1.165, 1.54) is 0 Å². The Bertz CT molecular complexity index is 1280. The Hall–Kier alpha value is -2.95. The fourth-order valence-corrected chi connectivity index (χ4v) is 3.63. The summed E-state index contributed by atoms with van der Waals surface area (Å²) in [5, 5.41) is 2.35. The molecule has 4 nitrogen and oxygen atoms in total. The summed E-state index contributed by atoms with van der Waals surface area (Å²) in [4.78, 5) is 12.0. The van der Waals surface area contributed by atoms with E-state index in [1.54, 1.807) is 0 Å². The smallest absolute Gasteiger partial charge is 0.227 e. The molecule has 0 radical (unpaired) electrons. The molecule has 0 aliphatic rings. The molecule has 0 aliphatic heterocycles. The number of para-hydroxylation sites is 1. The summed E-state index contributed by atoms with van der Waals surface area (Å²) in [7, 11) is 0. The molecule has 0 N–H and O–H groups in total. The number of fused-ring (bicyclic) bond motifs is 3. The quantitative estimate of drug-likeness (QED) is 0.348. The maximum Gasteiger partial charge on any atom is 0.227 e. The first kappa shape index (κ1) is 16.2. The third-order valence-corrected chi connectivity index (χ3v) is 4.78. The topological polar surface area (TPSA) is 51.8 Å². The standard InChI is InChI=1S/C21H11Cl2N3O/c22-20-24-19(25-21(23)26-20)13-10-8-12(9-11-13)14-5-3-7-17-18(14)15-4-1-2-6-16(15)27-17/h1-11H. The Labute approximate surface area is 164 Å². The van der Waals surface area contributed by atoms with Crippen LogP contribution in [0, 0.1) is 0 Å². The van der Waals surface area contributed by atoms with Gasteiger partial charge in [0.1, 0.15) is 11.2 Å². The van der Waals surface area contributed by atoms with Gasteiger partial charge in [-0.2, -0.15) is 15.0 Å². The minimum Gasteiger partial charge on any atom is -0.456 e. The van der Waals surface area contributed by atoms with Crippen LogP contribution < -0.4 is 0 Å². The number of furan rings is 1. The van der Waals surface area contributed by atoms with Crippen molar-refractivity contribution in [2.24, 2.45) is 0 Å². The summed E-state index contributed by atoms with van der Waals surface area (Å²) in [6.45, 7) is 0. The lowest BCUT2D eigenvalue weighted by atomic mass is 9.98. The van der Waals surface area contributed by atoms with Gasteiger partial charge in [0.2, 0.25) is 10.6 Å². The molecule has 5 rings (SSSR count). The summed E-state index contributed by atoms with van der Waals surface area (Å²) in [5.74, 6) is 0.443. The van der Waals surface area contributed by atoms with Crippen molar-refractivity contribution < 1.29 is 4.42 Å². The lowest BCUT2D eigenvalue weighted by molar-refractivity contribution is 0.669. The average molecular weight is 392 g/mol. The zero-order chi connectivity index (χ0) is 18.4. The highest BCUT2D eigenvalue weighted by molar-refractivity contribution is 6.31. The molecule has 5 aromatic rings. The molecule has 0 unspecified atom stereocenters. The van der Waals surface area contributed by atoms with E-state index in [0.29, 0.717) is 5.82 Å². The lowest BCUT2D eigenvalue weighted by Crippen LogP contribution is -1.93. The zero-order valence-electron chi connectivity index (χ0n) is 13.9. The van der Waals surface area contributed by atoms with E-state index in [9.17, 15) is 0 Å². The number of benzene rings is 3. The molecule has 0 amide bonds. The molecule has 0 bridgehead atoms. The Kier molecular flexibility index (Phi) is 3.81. The molecular weight excluding hydrogens is 381 g/mol. The third-order valence-electron chi connectivity index (χ3n) is 4.44. The van der Waals surface area contributed by atoms with Crippen molar-refractivity contribution in [2.45, 2.75) is 0 Å². The monoisotopic (exact) mass is 391 g/mol. The van der Waals surface area contributed by atoms with Crippen molar-refractivity contribution >= 4 is 45.1 Å². The van der Waals surface area contributed by atoms with Gasteiger partial charge < -0.3 is 4.42 Å². The molecule has 130 valence electrons. The van der Waals surface area contributed by atoms with E-state index < -0.39 is 0 Å². The van der Waals surface area contributed by atoms with E-state index in [4.69, 9.17) is 27.6 Å². The second-order valence-corrected chi connectivity index (χ2v) is 6.73. The van der Waals surface area contributed by atoms with Gasteiger partial charge >= 0.3 is 0 Å². The van der Waals surface area contributed by atoms with E-state index in [-0.39, 0.29) is 10.6 Å². The SMILES string of the molecule is Clc1nc(Cl)nc(-c2ccc(-c3cccc4oc5ccccc5c34)cc2)n1. The van der Waals surface area contributed by atoms with Crippen molar-refractivity contribution in [3.63, 3.8) is 0 Å². The molecule has 3 aromatic carbocycles. The Morgan fingerprint density at radius 2 is 1.30 bits per heavy atom. The van der Waals surface area contributed by atoms with Crippen LogP contribution in [0.15, 0.2) is 71.1 Å². The van der Waals surface area contributed by atoms with Crippen LogP contribution in [0.3, 0.4) is 0 Å². The molecule has 0 saturated heterocycles. The van der Waals surface area contributed by atoms with Crippen LogP contribution in [0.2, 0.25) is 10.6 Å². The van der Waals surface area contributed by atoms with Crippen LogP contribution in [-0.2, 0) is 0 Å². The first-order valence-corrected chi connectivity index (χ1v) is 9.03. The second-order valence-electron chi connectivity index (χ2n) is 6.05. The van der Waals surface area contributed by atoms with Crippen molar-refractivity contribution in [2.75, 3.05) is 0 Å². The molecule has 2 heterocycles. The van der Waals surface area contributed by atoms with Gasteiger partial charge in [-0.15, -0.1) is 0 Å². The minimum atomic E-state index is 0.0729. The minimum absolute atomic E-state index is 0.0729. The predicted molar refractivity (Wildman–Crippen MR) is 108 cm³/mol. The lowest BCUT2D eigenvalue weighted by Gasteiger charge is -2.06. The van der Waals surface area contributed by atoms with Gasteiger partial charge in [0, 0.05) is 16.3 Å². The summed E-state index contributed by atoms with van der Waals surface area (Å²) in [6.07, 6.45) is 0. The number of rotatable bonds is 2. The van der Waals surface area contributed by atoms with Gasteiger partial charge in [-0.3, -0.25) is 0 Å². The Morgan fingerprint density at radius 1 is 0.630 bits per heavy atom. The molecule has 0 atom stereocenters. The van der Waals surface area contributed by atoms with Crippen molar-refractivity contribution in [1.82, 2.24) is 15.0 Å². The van der Waals surface area contributed by atoms with Crippen molar-refractivity contribution in [1.29, 1.82) is 0 Å². The van der Waals surface area contributed by atoms with Crippen molar-refractivity contribution in [3.8, 4) is 22.5 Å². The summed E-state index contributed by atoms with van der Waals surface area (Å²) in [6, 6.07) is 22.1. The molecule has 0 spiro atoms. The number of aromatic nitrogens is 3. The number of hydrogen-bond donors (Lipinski definition) is 0. The van der Waals surface area contributed by atoms with Gasteiger partial charge in [0.05, 0.1) is 0 Å². The highest BCUT2D eigenvalue weighted by Gasteiger charge is 2.12. The fourth-order valence-electron chi connectivity index (χ4n) is 3.27. The maximum absolute atomic E-state index is 5.98. The summed E-state index contributed by atoms with van der Waals surface area (Å²) >= 11 is 11.8. The Balaban J connectivity index is 1.65. The highest BCUT2D eigenvalue weighted by Crippen LogP contribution is 2.36. The highest BCUT2D eigenvalue weighted by atomic mass is 35.5. The van der Waals surface area contributed by atoms with Crippen LogP contribution in [-0.4, -0.2) is 15.0 Å². The average Bonchev–Trinajstić information content (AvgIpc) is 3.06. The van der Waals surface area contributed by atoms with Gasteiger partial charge in [-0.1, -0.05) is 54.6 Å². The second kappa shape index (κ2) is 6.34. The number of halogens is 2. The fraction of sp³-hybridized carbons (Fsp3) is 0. The van der Waals surface area contributed by atoms with Crippen molar-refractivity contribution in [3.05, 3.63) is 77.3 Å². The van der Waals surface area contributed by atoms with E-state index in [1.807, 2.05) is 54.6 Å². The first-order chi connectivity index (χ1) is 13.2. The third kappa shape index (κ3) is 2.83. The molecule has 6 heteroatoms. The molecule has 2 aromatic heterocycles. The maximum atomic E-state index is 5.98. The molecule has 0 aliphatic carbocycles. The van der Waals surface area contributed by atoms with Gasteiger partial charge in [-0.25, -0.2) is 0 Å². The normalized spacial score (nSPS) is 11.3. The number of hydrogen-bond acceptors (Lipinski definition) is 4. The summed E-state index contributed by atoms with van der Waals surface area (Å²) < 4.78 is 5.98. The number of nitrogens with zero attached hydrogens (tertiary/aromatic N) is 3. The van der Waals surface area contributed by atoms with E-state index in [2.05, 4.69) is 27.1 Å². The van der Waals surface area contributed by atoms with Crippen LogP contribution in [0.1, 0.15) is 0 Å². The predicted octanol–water partition coefficient (Wildman–Crippen LogP) is 6.41. The van der Waals surface area contributed by atoms with Crippen LogP contribution in [0.5, 0.6) is 0 Å². The molecule has 0 saturated carbocycles. The molecular formula is C21H11Cl2N3O. The molecule has 0 fully saturated rings. The van der Waals surface area contributed by atoms with Gasteiger partial charge in [-0.05, 0) is 46.5 Å². The van der Waals surface area contributed by atoms with Crippen LogP contribution in [0.4, 0.5) is 0 Å². The largest absolute Gasteiger partial charge is 0.456 e. The molecule has 27 heavy (non-hydrogen) atoms. The Morgan fingerprint density at radius 3 is 2.07 bits per heavy atom. The van der Waals surface area contributed by atoms with Gasteiger partial charge in [0.25, 0.3) is 0 Å². The van der Waals surface area contributed by atoms with Gasteiger partial charge in [0.15, 0.2) is 5.82 Å². The first-order valence-electron chi connectivity index (χ1n) is 8.27. The van der Waals surface area contributed by atoms with Crippen LogP contribution in [0.25, 0.3) is 44.5 Å².